The number of halogens is 1. The number of hydrogen-bond acceptors (Lipinski definition) is 3. The van der Waals surface area contributed by atoms with Crippen molar-refractivity contribution in [1.82, 2.24) is 0 Å². The van der Waals surface area contributed by atoms with Crippen molar-refractivity contribution in [2.24, 2.45) is 0 Å². The van der Waals surface area contributed by atoms with E-state index in [0.717, 1.165) is 5.56 Å². The van der Waals surface area contributed by atoms with Crippen LogP contribution in [0.4, 0.5) is 0 Å². The van der Waals surface area contributed by atoms with E-state index < -0.39 is 7.60 Å². The molecule has 0 atom stereocenters. The Labute approximate surface area is 107 Å². The molecule has 1 rings (SSSR count). The van der Waals surface area contributed by atoms with Crippen molar-refractivity contribution in [3.05, 3.63) is 40.7 Å². The first-order valence-corrected chi connectivity index (χ1v) is 7.42. The normalized spacial score (nSPS) is 12.2. The molecule has 0 spiro atoms. The highest BCUT2D eigenvalue weighted by molar-refractivity contribution is 7.57. The van der Waals surface area contributed by atoms with E-state index >= 15 is 0 Å². The van der Waals surface area contributed by atoms with Gasteiger partial charge >= 0.3 is 7.60 Å². The molecule has 0 N–H and O–H groups in total. The van der Waals surface area contributed by atoms with Crippen LogP contribution < -0.4 is 0 Å². The number of rotatable bonds is 6. The summed E-state index contributed by atoms with van der Waals surface area (Å²) in [6.07, 6.45) is 1.69. The van der Waals surface area contributed by atoms with Crippen LogP contribution >= 0.6 is 19.2 Å². The largest absolute Gasteiger partial charge is 0.354 e. The second kappa shape index (κ2) is 6.97. The lowest BCUT2D eigenvalue weighted by Gasteiger charge is -2.12. The molecule has 0 unspecified atom stereocenters. The molecule has 0 aromatic heterocycles. The number of hydrogen-bond donors (Lipinski definition) is 0. The van der Waals surface area contributed by atoms with Gasteiger partial charge in [-0.25, -0.2) is 0 Å². The SMILES string of the molecule is CCOP(=O)(/C=C/c1cccc(Cl)c1)OCC. The van der Waals surface area contributed by atoms with Crippen molar-refractivity contribution in [2.75, 3.05) is 13.2 Å². The smallest absolute Gasteiger partial charge is 0.306 e. The summed E-state index contributed by atoms with van der Waals surface area (Å²) < 4.78 is 22.4. The fourth-order valence-electron chi connectivity index (χ4n) is 1.27. The standard InChI is InChI=1S/C12H16ClO3P/c1-3-15-17(14,16-4-2)9-8-11-6-5-7-12(13)10-11/h5-10H,3-4H2,1-2H3/b9-8+. The van der Waals surface area contributed by atoms with E-state index in [4.69, 9.17) is 20.6 Å². The van der Waals surface area contributed by atoms with E-state index in [-0.39, 0.29) is 0 Å². The lowest BCUT2D eigenvalue weighted by Crippen LogP contribution is -1.92. The maximum Gasteiger partial charge on any atom is 0.354 e. The Hall–Kier alpha value is -0.600. The average molecular weight is 275 g/mol. The summed E-state index contributed by atoms with van der Waals surface area (Å²) >= 11 is 5.85. The van der Waals surface area contributed by atoms with Crippen molar-refractivity contribution < 1.29 is 13.6 Å². The van der Waals surface area contributed by atoms with Gasteiger partial charge in [0.25, 0.3) is 0 Å². The molecule has 1 aromatic carbocycles. The quantitative estimate of drug-likeness (QED) is 0.713. The highest BCUT2D eigenvalue weighted by atomic mass is 35.5. The van der Waals surface area contributed by atoms with E-state index in [0.29, 0.717) is 18.2 Å². The molecule has 0 saturated heterocycles. The Kier molecular flexibility index (Phi) is 5.93. The van der Waals surface area contributed by atoms with Crippen LogP contribution in [0.15, 0.2) is 30.1 Å². The molecule has 0 aliphatic carbocycles. The van der Waals surface area contributed by atoms with Gasteiger partial charge in [0.05, 0.1) is 13.2 Å². The van der Waals surface area contributed by atoms with E-state index in [1.54, 1.807) is 32.1 Å². The van der Waals surface area contributed by atoms with Gasteiger partial charge < -0.3 is 9.05 Å². The Balaban J connectivity index is 2.83. The third-order valence-corrected chi connectivity index (χ3v) is 3.90. The third-order valence-electron chi connectivity index (χ3n) is 1.92. The molecule has 1 aromatic rings. The fourth-order valence-corrected chi connectivity index (χ4v) is 2.79. The van der Waals surface area contributed by atoms with Crippen LogP contribution in [0, 0.1) is 0 Å². The van der Waals surface area contributed by atoms with E-state index in [1.807, 2.05) is 12.1 Å². The van der Waals surface area contributed by atoms with E-state index in [9.17, 15) is 4.57 Å². The Morgan fingerprint density at radius 1 is 1.29 bits per heavy atom. The second-order valence-electron chi connectivity index (χ2n) is 3.25. The molecule has 0 bridgehead atoms. The molecule has 3 nitrogen and oxygen atoms in total. The lowest BCUT2D eigenvalue weighted by molar-refractivity contribution is 0.229. The van der Waals surface area contributed by atoms with Gasteiger partial charge in [0, 0.05) is 10.8 Å². The fraction of sp³-hybridized carbons (Fsp3) is 0.333. The maximum atomic E-state index is 12.1. The van der Waals surface area contributed by atoms with Gasteiger partial charge in [-0.2, -0.15) is 0 Å². The third kappa shape index (κ3) is 5.05. The first kappa shape index (κ1) is 14.5. The highest BCUT2D eigenvalue weighted by Crippen LogP contribution is 2.50. The first-order chi connectivity index (χ1) is 8.09. The van der Waals surface area contributed by atoms with Crippen LogP contribution in [0.2, 0.25) is 5.02 Å². The predicted molar refractivity (Wildman–Crippen MR) is 71.3 cm³/mol. The molecule has 0 amide bonds. The summed E-state index contributed by atoms with van der Waals surface area (Å²) in [7, 11) is -3.12. The Bertz CT molecular complexity index is 422. The molecule has 0 heterocycles. The molecular formula is C12H16ClO3P. The van der Waals surface area contributed by atoms with Gasteiger partial charge in [0.2, 0.25) is 0 Å². The number of benzene rings is 1. The minimum absolute atomic E-state index is 0.344. The summed E-state index contributed by atoms with van der Waals surface area (Å²) in [5.41, 5.74) is 0.858. The molecule has 0 aliphatic heterocycles. The van der Waals surface area contributed by atoms with Gasteiger partial charge in [-0.05, 0) is 37.6 Å². The highest BCUT2D eigenvalue weighted by Gasteiger charge is 2.18. The molecule has 5 heteroatoms. The summed E-state index contributed by atoms with van der Waals surface area (Å²) in [6, 6.07) is 7.25. The topological polar surface area (TPSA) is 35.5 Å². The monoisotopic (exact) mass is 274 g/mol. The van der Waals surface area contributed by atoms with E-state index in [1.165, 1.54) is 5.82 Å². The summed E-state index contributed by atoms with van der Waals surface area (Å²) in [6.45, 7) is 4.24. The van der Waals surface area contributed by atoms with Crippen LogP contribution in [-0.2, 0) is 13.6 Å². The zero-order valence-corrected chi connectivity index (χ0v) is 11.6. The predicted octanol–water partition coefficient (Wildman–Crippen LogP) is 4.58. The maximum absolute atomic E-state index is 12.1. The van der Waals surface area contributed by atoms with Crippen LogP contribution in [0.25, 0.3) is 6.08 Å². The Morgan fingerprint density at radius 2 is 1.94 bits per heavy atom. The van der Waals surface area contributed by atoms with Crippen LogP contribution in [0.1, 0.15) is 19.4 Å². The minimum Gasteiger partial charge on any atom is -0.306 e. The van der Waals surface area contributed by atoms with Gasteiger partial charge in [-0.3, -0.25) is 4.57 Å². The molecule has 0 radical (unpaired) electrons. The lowest BCUT2D eigenvalue weighted by atomic mass is 10.2. The van der Waals surface area contributed by atoms with Crippen LogP contribution in [-0.4, -0.2) is 13.2 Å². The Morgan fingerprint density at radius 3 is 2.47 bits per heavy atom. The molecule has 17 heavy (non-hydrogen) atoms. The minimum atomic E-state index is -3.12. The molecule has 0 aliphatic rings. The first-order valence-electron chi connectivity index (χ1n) is 5.43. The molecule has 94 valence electrons. The van der Waals surface area contributed by atoms with Crippen molar-refractivity contribution in [1.29, 1.82) is 0 Å². The van der Waals surface area contributed by atoms with Gasteiger partial charge in [-0.1, -0.05) is 23.7 Å². The van der Waals surface area contributed by atoms with Crippen LogP contribution in [0.5, 0.6) is 0 Å². The van der Waals surface area contributed by atoms with Crippen molar-refractivity contribution in [2.45, 2.75) is 13.8 Å². The van der Waals surface area contributed by atoms with Crippen molar-refractivity contribution >= 4 is 25.3 Å². The van der Waals surface area contributed by atoms with Crippen molar-refractivity contribution in [3.63, 3.8) is 0 Å². The second-order valence-corrected chi connectivity index (χ2v) is 5.58. The van der Waals surface area contributed by atoms with Gasteiger partial charge in [0.15, 0.2) is 0 Å². The summed E-state index contributed by atoms with van der Waals surface area (Å²) in [5, 5.41) is 0.634. The summed E-state index contributed by atoms with van der Waals surface area (Å²) in [4.78, 5) is 0. The van der Waals surface area contributed by atoms with Crippen LogP contribution in [0.3, 0.4) is 0 Å². The molecule has 0 saturated carbocycles. The van der Waals surface area contributed by atoms with Gasteiger partial charge in [0.1, 0.15) is 0 Å². The van der Waals surface area contributed by atoms with E-state index in [2.05, 4.69) is 0 Å². The van der Waals surface area contributed by atoms with Gasteiger partial charge in [-0.15, -0.1) is 0 Å². The molecule has 0 fully saturated rings. The zero-order chi connectivity index (χ0) is 12.7. The van der Waals surface area contributed by atoms with Crippen molar-refractivity contribution in [3.8, 4) is 0 Å². The summed E-state index contributed by atoms with van der Waals surface area (Å²) in [5.74, 6) is 1.46. The average Bonchev–Trinajstić information content (AvgIpc) is 2.27. The molecular weight excluding hydrogens is 259 g/mol. The zero-order valence-electron chi connectivity index (χ0n) is 9.93.